The lowest BCUT2D eigenvalue weighted by Crippen LogP contribution is -2.56. The molecule has 0 aliphatic carbocycles. The van der Waals surface area contributed by atoms with E-state index in [0.717, 1.165) is 76.0 Å². The fraction of sp³-hybridized carbons (Fsp3) is 0.500. The van der Waals surface area contributed by atoms with E-state index in [1.807, 2.05) is 0 Å². The van der Waals surface area contributed by atoms with Crippen molar-refractivity contribution >= 4 is 54.7 Å². The number of nitrogens with two attached hydrogens (primary N) is 1. The number of anilines is 2. The number of nitrogen functional groups attached to an aromatic ring is 1. The third kappa shape index (κ3) is 4.55. The number of ether oxygens (including phenoxy) is 1. The van der Waals surface area contributed by atoms with Crippen LogP contribution < -0.4 is 15.4 Å². The zero-order chi connectivity index (χ0) is 31.9. The van der Waals surface area contributed by atoms with Gasteiger partial charge in [-0.15, -0.1) is 11.3 Å². The van der Waals surface area contributed by atoms with E-state index < -0.39 is 11.6 Å². The maximum atomic E-state index is 17.0. The summed E-state index contributed by atoms with van der Waals surface area (Å²) in [5, 5.41) is 10.9. The second kappa shape index (κ2) is 11.2. The molecule has 4 aliphatic heterocycles. The second-order valence-electron chi connectivity index (χ2n) is 13.6. The lowest BCUT2D eigenvalue weighted by Gasteiger charge is -2.44. The van der Waals surface area contributed by atoms with Crippen molar-refractivity contribution in [2.24, 2.45) is 0 Å². The van der Waals surface area contributed by atoms with Gasteiger partial charge in [0, 0.05) is 47.6 Å². The highest BCUT2D eigenvalue weighted by molar-refractivity contribution is 7.23. The molecule has 4 aromatic rings. The topological polar surface area (TPSA) is 94.5 Å². The van der Waals surface area contributed by atoms with Crippen molar-refractivity contribution in [2.75, 3.05) is 43.4 Å². The first-order valence-electron chi connectivity index (χ1n) is 16.2. The highest BCUT2D eigenvalue weighted by atomic mass is 35.5. The van der Waals surface area contributed by atoms with Gasteiger partial charge in [0.25, 0.3) is 0 Å². The van der Waals surface area contributed by atoms with Gasteiger partial charge in [-0.3, -0.25) is 9.80 Å². The number of aromatic nitrogens is 2. The lowest BCUT2D eigenvalue weighted by molar-refractivity contribution is 0.107. The van der Waals surface area contributed by atoms with Crippen LogP contribution in [0.5, 0.6) is 6.01 Å². The Balaban J connectivity index is 1.28. The monoisotopic (exact) mass is 663 g/mol. The van der Waals surface area contributed by atoms with Crippen molar-refractivity contribution in [1.82, 2.24) is 19.8 Å². The molecule has 2 atom stereocenters. The highest BCUT2D eigenvalue weighted by Gasteiger charge is 2.45. The van der Waals surface area contributed by atoms with E-state index in [-0.39, 0.29) is 48.3 Å². The summed E-state index contributed by atoms with van der Waals surface area (Å²) >= 11 is 7.88. The molecule has 4 saturated heterocycles. The van der Waals surface area contributed by atoms with Crippen molar-refractivity contribution in [2.45, 2.75) is 76.0 Å². The molecule has 8 rings (SSSR count). The van der Waals surface area contributed by atoms with Gasteiger partial charge < -0.3 is 15.4 Å². The fourth-order valence-corrected chi connectivity index (χ4v) is 10.1. The predicted octanol–water partition coefficient (Wildman–Crippen LogP) is 6.97. The molecular weight excluding hydrogens is 628 g/mol. The quantitative estimate of drug-likeness (QED) is 0.237. The highest BCUT2D eigenvalue weighted by Crippen LogP contribution is 2.46. The largest absolute Gasteiger partial charge is 0.461 e. The Labute approximate surface area is 275 Å². The molecule has 0 saturated carbocycles. The maximum Gasteiger partial charge on any atom is 0.319 e. The minimum Gasteiger partial charge on any atom is -0.461 e. The van der Waals surface area contributed by atoms with E-state index in [0.29, 0.717) is 41.5 Å². The van der Waals surface area contributed by atoms with Crippen molar-refractivity contribution in [3.63, 3.8) is 0 Å². The van der Waals surface area contributed by atoms with Crippen LogP contribution in [0.3, 0.4) is 0 Å². The van der Waals surface area contributed by atoms with Crippen LogP contribution >= 0.6 is 22.9 Å². The van der Waals surface area contributed by atoms with Crippen LogP contribution in [0.25, 0.3) is 32.1 Å². The molecule has 2 unspecified atom stereocenters. The summed E-state index contributed by atoms with van der Waals surface area (Å²) in [6, 6.07) is 7.82. The molecule has 8 nitrogen and oxygen atoms in total. The number of hydrogen-bond acceptors (Lipinski definition) is 9. The van der Waals surface area contributed by atoms with Crippen LogP contribution in [0.2, 0.25) is 5.02 Å². The number of rotatable bonds is 6. The molecule has 0 radical (unpaired) electrons. The van der Waals surface area contributed by atoms with Gasteiger partial charge in [-0.25, -0.2) is 8.78 Å². The van der Waals surface area contributed by atoms with Gasteiger partial charge in [0.1, 0.15) is 34.8 Å². The summed E-state index contributed by atoms with van der Waals surface area (Å²) in [7, 11) is 0. The van der Waals surface area contributed by atoms with Gasteiger partial charge in [0.2, 0.25) is 0 Å². The Kier molecular flexibility index (Phi) is 7.29. The molecule has 0 spiro atoms. The van der Waals surface area contributed by atoms with Crippen LogP contribution in [-0.2, 0) is 0 Å². The Morgan fingerprint density at radius 1 is 1.15 bits per heavy atom. The number of piperazine rings is 1. The van der Waals surface area contributed by atoms with E-state index in [2.05, 4.69) is 39.6 Å². The molecular formula is C34H36ClF2N7OS. The molecule has 2 N–H and O–H groups in total. The minimum absolute atomic E-state index is 0.0313. The van der Waals surface area contributed by atoms with Crippen molar-refractivity contribution in [1.29, 1.82) is 5.26 Å². The summed E-state index contributed by atoms with van der Waals surface area (Å²) in [5.41, 5.74) is 6.60. The van der Waals surface area contributed by atoms with Gasteiger partial charge in [0.15, 0.2) is 5.82 Å². The number of fused-ring (bicyclic) bond motifs is 5. The molecule has 6 heterocycles. The Morgan fingerprint density at radius 2 is 1.87 bits per heavy atom. The van der Waals surface area contributed by atoms with Gasteiger partial charge in [-0.1, -0.05) is 17.7 Å². The van der Waals surface area contributed by atoms with Gasteiger partial charge in [0.05, 0.1) is 20.8 Å². The third-order valence-corrected chi connectivity index (χ3v) is 12.1. The summed E-state index contributed by atoms with van der Waals surface area (Å²) in [4.78, 5) is 17.0. The number of nitriles is 1. The maximum absolute atomic E-state index is 17.0. The normalized spacial score (nSPS) is 22.8. The Morgan fingerprint density at radius 3 is 2.54 bits per heavy atom. The Hall–Kier alpha value is -3.30. The minimum atomic E-state index is -0.664. The third-order valence-electron chi connectivity index (χ3n) is 10.8. The van der Waals surface area contributed by atoms with Crippen LogP contribution in [0.4, 0.5) is 19.6 Å². The van der Waals surface area contributed by atoms with Crippen LogP contribution in [0.15, 0.2) is 18.2 Å². The number of halogens is 3. The summed E-state index contributed by atoms with van der Waals surface area (Å²) in [5.74, 6) is -0.582. The van der Waals surface area contributed by atoms with Gasteiger partial charge in [-0.2, -0.15) is 15.2 Å². The molecule has 240 valence electrons. The van der Waals surface area contributed by atoms with E-state index in [1.54, 1.807) is 6.07 Å². The van der Waals surface area contributed by atoms with Crippen molar-refractivity contribution in [3.05, 3.63) is 40.4 Å². The molecule has 4 fully saturated rings. The first-order chi connectivity index (χ1) is 22.2. The first kappa shape index (κ1) is 30.1. The molecule has 2 aromatic heterocycles. The van der Waals surface area contributed by atoms with E-state index in [4.69, 9.17) is 27.1 Å². The Bertz CT molecular complexity index is 1900. The van der Waals surface area contributed by atoms with E-state index in [9.17, 15) is 9.65 Å². The summed E-state index contributed by atoms with van der Waals surface area (Å²) in [6.45, 7) is 8.58. The first-order valence-corrected chi connectivity index (χ1v) is 17.4. The fourth-order valence-electron chi connectivity index (χ4n) is 8.83. The standard InChI is InChI=1S/C34H36ClF2N7OS/c1-18(2)44-19-5-6-20(44)16-42(15-19)32-22-13-24(35)27(21-7-8-25(36)30-26(21)23(14-38)31(39)46-30)28(37)29(22)40-33(41-32)45-17-34-9-3-11-43(34)12-4-10-34/h7-8,13,18-20H,3-6,9-12,15-17,39H2,1-2H3. The molecule has 0 amide bonds. The van der Waals surface area contributed by atoms with Crippen LogP contribution in [0, 0.1) is 23.0 Å². The molecule has 46 heavy (non-hydrogen) atoms. The van der Waals surface area contributed by atoms with Gasteiger partial charge in [-0.05, 0) is 83.2 Å². The smallest absolute Gasteiger partial charge is 0.319 e. The van der Waals surface area contributed by atoms with Crippen LogP contribution in [-0.4, -0.2) is 76.2 Å². The number of thiophene rings is 1. The number of hydrogen-bond donors (Lipinski definition) is 1. The molecule has 4 aliphatic rings. The predicted molar refractivity (Wildman–Crippen MR) is 179 cm³/mol. The number of benzene rings is 2. The van der Waals surface area contributed by atoms with Crippen LogP contribution in [0.1, 0.15) is 57.9 Å². The van der Waals surface area contributed by atoms with Gasteiger partial charge >= 0.3 is 6.01 Å². The average molecular weight is 664 g/mol. The zero-order valence-electron chi connectivity index (χ0n) is 26.0. The lowest BCUT2D eigenvalue weighted by atomic mass is 9.95. The zero-order valence-corrected chi connectivity index (χ0v) is 27.5. The van der Waals surface area contributed by atoms with E-state index in [1.165, 1.54) is 12.1 Å². The van der Waals surface area contributed by atoms with Crippen molar-refractivity contribution in [3.8, 4) is 23.2 Å². The summed E-state index contributed by atoms with van der Waals surface area (Å²) in [6.07, 6.45) is 6.61. The summed E-state index contributed by atoms with van der Waals surface area (Å²) < 4.78 is 38.5. The average Bonchev–Trinajstić information content (AvgIpc) is 3.77. The number of nitrogens with zero attached hydrogens (tertiary/aromatic N) is 6. The van der Waals surface area contributed by atoms with Crippen molar-refractivity contribution < 1.29 is 13.5 Å². The molecule has 12 heteroatoms. The molecule has 2 bridgehead atoms. The SMILES string of the molecule is CC(C)N1C2CCC1CN(c1nc(OCC34CCCN3CCC4)nc3c(F)c(-c4ccc(F)c5sc(N)c(C#N)c45)c(Cl)cc13)C2. The second-order valence-corrected chi connectivity index (χ2v) is 15.0. The van der Waals surface area contributed by atoms with E-state index >= 15 is 4.39 Å². The molecule has 2 aromatic carbocycles.